The van der Waals surface area contributed by atoms with Crippen LogP contribution in [-0.2, 0) is 6.54 Å². The van der Waals surface area contributed by atoms with Gasteiger partial charge in [0, 0.05) is 12.6 Å². The van der Waals surface area contributed by atoms with Gasteiger partial charge in [0.25, 0.3) is 10.9 Å². The second kappa shape index (κ2) is 6.55. The molecule has 6 nitrogen and oxygen atoms in total. The third kappa shape index (κ3) is 2.90. The van der Waals surface area contributed by atoms with Gasteiger partial charge in [-0.1, -0.05) is 36.4 Å². The van der Waals surface area contributed by atoms with Crippen molar-refractivity contribution in [3.8, 4) is 11.5 Å². The van der Waals surface area contributed by atoms with Crippen LogP contribution in [0.4, 0.5) is 11.4 Å². The highest BCUT2D eigenvalue weighted by Crippen LogP contribution is 2.32. The van der Waals surface area contributed by atoms with Crippen LogP contribution in [0.2, 0.25) is 0 Å². The van der Waals surface area contributed by atoms with Crippen molar-refractivity contribution in [2.45, 2.75) is 19.5 Å². The van der Waals surface area contributed by atoms with Gasteiger partial charge >= 0.3 is 0 Å². The summed E-state index contributed by atoms with van der Waals surface area (Å²) in [7, 11) is 0. The molecule has 1 aliphatic rings. The van der Waals surface area contributed by atoms with Crippen molar-refractivity contribution in [1.29, 1.82) is 0 Å². The smallest absolute Gasteiger partial charge is 0.253 e. The van der Waals surface area contributed by atoms with E-state index in [2.05, 4.69) is 10.6 Å². The summed E-state index contributed by atoms with van der Waals surface area (Å²) < 4.78 is 10.6. The molecule has 4 rings (SSSR count). The number of ether oxygens (including phenoxy) is 2. The first-order valence-corrected chi connectivity index (χ1v) is 8.40. The average molecular weight is 350 g/mol. The van der Waals surface area contributed by atoms with E-state index in [4.69, 9.17) is 9.47 Å². The second-order valence-electron chi connectivity index (χ2n) is 6.23. The molecule has 0 fully saturated rings. The molecule has 0 aliphatic carbocycles. The van der Waals surface area contributed by atoms with Gasteiger partial charge in [0.2, 0.25) is 6.79 Å². The summed E-state index contributed by atoms with van der Waals surface area (Å²) in [4.78, 5) is 23.9. The molecule has 1 aliphatic heterocycles. The third-order valence-electron chi connectivity index (χ3n) is 4.48. The molecule has 26 heavy (non-hydrogen) atoms. The number of nitrogens with one attached hydrogen (secondary N) is 2. The van der Waals surface area contributed by atoms with Gasteiger partial charge in [0.15, 0.2) is 11.5 Å². The fourth-order valence-corrected chi connectivity index (χ4v) is 2.98. The lowest BCUT2D eigenvalue weighted by Gasteiger charge is -2.20. The summed E-state index contributed by atoms with van der Waals surface area (Å²) in [5.74, 6) is 1.40. The molecule has 0 unspecified atom stereocenters. The lowest BCUT2D eigenvalue weighted by Crippen LogP contribution is -2.37. The van der Waals surface area contributed by atoms with Crippen LogP contribution in [0.25, 0.3) is 0 Å². The Bertz CT molecular complexity index is 1010. The van der Waals surface area contributed by atoms with Gasteiger partial charge in [0.1, 0.15) is 11.4 Å². The molecule has 3 aromatic carbocycles. The maximum atomic E-state index is 12.0. The monoisotopic (exact) mass is 350 g/mol. The van der Waals surface area contributed by atoms with E-state index < -0.39 is 10.9 Å². The van der Waals surface area contributed by atoms with Crippen molar-refractivity contribution in [2.24, 2.45) is 0 Å². The average Bonchev–Trinajstić information content (AvgIpc) is 3.15. The van der Waals surface area contributed by atoms with E-state index in [1.807, 2.05) is 55.5 Å². The van der Waals surface area contributed by atoms with Crippen molar-refractivity contribution in [2.75, 3.05) is 17.4 Å². The first kappa shape index (κ1) is 16.2. The molecule has 6 heteroatoms. The van der Waals surface area contributed by atoms with Crippen LogP contribution in [0.3, 0.4) is 0 Å². The summed E-state index contributed by atoms with van der Waals surface area (Å²) in [5.41, 5.74) is 1.67. The van der Waals surface area contributed by atoms with Crippen LogP contribution < -0.4 is 31.0 Å². The molecule has 0 radical (unpaired) electrons. The SMILES string of the molecule is C[C@H](Nc1c(NCc2ccc3c(c2)OCO3)c(=O)c1=O)c1ccccc1. The highest BCUT2D eigenvalue weighted by atomic mass is 16.7. The van der Waals surface area contributed by atoms with Crippen LogP contribution in [0, 0.1) is 0 Å². The van der Waals surface area contributed by atoms with Gasteiger partial charge in [0.05, 0.1) is 0 Å². The molecule has 0 aromatic heterocycles. The van der Waals surface area contributed by atoms with Crippen molar-refractivity contribution in [3.05, 3.63) is 80.1 Å². The minimum absolute atomic E-state index is 0.0782. The Balaban J connectivity index is 1.47. The van der Waals surface area contributed by atoms with Crippen molar-refractivity contribution < 1.29 is 9.47 Å². The number of fused-ring (bicyclic) bond motifs is 1. The Hall–Kier alpha value is -3.28. The zero-order valence-corrected chi connectivity index (χ0v) is 14.2. The minimum atomic E-state index is -0.492. The summed E-state index contributed by atoms with van der Waals surface area (Å²) >= 11 is 0. The van der Waals surface area contributed by atoms with Crippen LogP contribution >= 0.6 is 0 Å². The Morgan fingerprint density at radius 3 is 2.50 bits per heavy atom. The summed E-state index contributed by atoms with van der Waals surface area (Å²) in [6, 6.07) is 15.3. The second-order valence-corrected chi connectivity index (χ2v) is 6.23. The van der Waals surface area contributed by atoms with Gasteiger partial charge < -0.3 is 20.1 Å². The van der Waals surface area contributed by atoms with Crippen molar-refractivity contribution in [3.63, 3.8) is 0 Å². The summed E-state index contributed by atoms with van der Waals surface area (Å²) in [5, 5.41) is 6.21. The van der Waals surface area contributed by atoms with E-state index in [-0.39, 0.29) is 12.8 Å². The van der Waals surface area contributed by atoms with Crippen LogP contribution in [0.5, 0.6) is 11.5 Å². The molecule has 0 saturated carbocycles. The van der Waals surface area contributed by atoms with Crippen LogP contribution in [0.1, 0.15) is 24.1 Å². The quantitative estimate of drug-likeness (QED) is 0.666. The van der Waals surface area contributed by atoms with Gasteiger partial charge in [-0.15, -0.1) is 0 Å². The molecule has 0 saturated heterocycles. The van der Waals surface area contributed by atoms with E-state index in [0.29, 0.717) is 29.4 Å². The molecule has 1 atom stereocenters. The lowest BCUT2D eigenvalue weighted by atomic mass is 10.1. The number of hydrogen-bond acceptors (Lipinski definition) is 6. The van der Waals surface area contributed by atoms with Crippen LogP contribution in [0.15, 0.2) is 58.1 Å². The minimum Gasteiger partial charge on any atom is -0.454 e. The van der Waals surface area contributed by atoms with Gasteiger partial charge in [-0.25, -0.2) is 0 Å². The number of benzene rings is 2. The molecule has 3 aromatic rings. The van der Waals surface area contributed by atoms with E-state index >= 15 is 0 Å². The van der Waals surface area contributed by atoms with E-state index in [1.54, 1.807) is 0 Å². The van der Waals surface area contributed by atoms with E-state index in [0.717, 1.165) is 11.1 Å². The zero-order valence-electron chi connectivity index (χ0n) is 14.2. The maximum Gasteiger partial charge on any atom is 0.253 e. The molecular weight excluding hydrogens is 332 g/mol. The summed E-state index contributed by atoms with van der Waals surface area (Å²) in [6.07, 6.45) is 0. The standard InChI is InChI=1S/C20H18N2O4/c1-12(14-5-3-2-4-6-14)22-18-17(19(23)20(18)24)21-10-13-7-8-15-16(9-13)26-11-25-15/h2-9,12,21-22H,10-11H2,1H3/t12-/m0/s1. The molecular formula is C20H18N2O4. The fraction of sp³-hybridized carbons (Fsp3) is 0.200. The molecule has 1 heterocycles. The van der Waals surface area contributed by atoms with Crippen molar-refractivity contribution >= 4 is 11.4 Å². The molecule has 2 N–H and O–H groups in total. The number of anilines is 2. The lowest BCUT2D eigenvalue weighted by molar-refractivity contribution is 0.174. The van der Waals surface area contributed by atoms with Gasteiger partial charge in [-0.3, -0.25) is 9.59 Å². The van der Waals surface area contributed by atoms with E-state index in [9.17, 15) is 9.59 Å². The molecule has 132 valence electrons. The highest BCUT2D eigenvalue weighted by Gasteiger charge is 2.22. The topological polar surface area (TPSA) is 76.7 Å². The summed E-state index contributed by atoms with van der Waals surface area (Å²) in [6.45, 7) is 2.58. The third-order valence-corrected chi connectivity index (χ3v) is 4.48. The number of rotatable bonds is 6. The molecule has 0 spiro atoms. The van der Waals surface area contributed by atoms with Crippen LogP contribution in [-0.4, -0.2) is 6.79 Å². The Kier molecular flexibility index (Phi) is 4.08. The Morgan fingerprint density at radius 2 is 1.69 bits per heavy atom. The predicted octanol–water partition coefficient (Wildman–Crippen LogP) is 2.80. The maximum absolute atomic E-state index is 12.0. The highest BCUT2D eigenvalue weighted by molar-refractivity contribution is 5.74. The van der Waals surface area contributed by atoms with Gasteiger partial charge in [-0.05, 0) is 30.2 Å². The molecule has 0 bridgehead atoms. The fourth-order valence-electron chi connectivity index (χ4n) is 2.98. The first-order chi connectivity index (χ1) is 12.6. The predicted molar refractivity (Wildman–Crippen MR) is 99.7 cm³/mol. The number of hydrogen-bond donors (Lipinski definition) is 2. The normalized spacial score (nSPS) is 13.6. The Labute approximate surface area is 150 Å². The van der Waals surface area contributed by atoms with Crippen molar-refractivity contribution in [1.82, 2.24) is 0 Å². The first-order valence-electron chi connectivity index (χ1n) is 8.40. The largest absolute Gasteiger partial charge is 0.454 e. The van der Waals surface area contributed by atoms with E-state index in [1.165, 1.54) is 0 Å². The zero-order chi connectivity index (χ0) is 18.1. The Morgan fingerprint density at radius 1 is 0.962 bits per heavy atom. The molecule has 0 amide bonds. The van der Waals surface area contributed by atoms with Gasteiger partial charge in [-0.2, -0.15) is 0 Å².